The van der Waals surface area contributed by atoms with Gasteiger partial charge in [0.25, 0.3) is 5.91 Å². The highest BCUT2D eigenvalue weighted by Gasteiger charge is 2.26. The normalized spacial score (nSPS) is 13.5. The van der Waals surface area contributed by atoms with Crippen molar-refractivity contribution in [3.8, 4) is 22.8 Å². The molecule has 2 heterocycles. The van der Waals surface area contributed by atoms with Gasteiger partial charge in [0.05, 0.1) is 18.6 Å². The summed E-state index contributed by atoms with van der Waals surface area (Å²) in [6.45, 7) is 9.68. The molecule has 1 aliphatic rings. The molecule has 1 N–H and O–H groups in total. The number of carbonyl (C=O) groups excluding carboxylic acids is 1. The third-order valence-electron chi connectivity index (χ3n) is 6.06. The standard InChI is InChI=1S/C25H36N4O5S/c1-5-8-14-35(31,32)27-21-15-20(17-26-25(21)33-4)19-10-11-23-22(16-19)29(24(30)18-34-23)13-9-12-28(6-2)7-3/h10-11,15-17,27H,5-9,12-14,18H2,1-4H3. The molecule has 192 valence electrons. The van der Waals surface area contributed by atoms with Crippen LogP contribution in [0.2, 0.25) is 0 Å². The first-order valence-electron chi connectivity index (χ1n) is 12.2. The number of fused-ring (bicyclic) bond motifs is 1. The lowest BCUT2D eigenvalue weighted by Gasteiger charge is -2.30. The molecule has 0 bridgehead atoms. The Labute approximate surface area is 208 Å². The Hall–Kier alpha value is -2.85. The number of hydrogen-bond donors (Lipinski definition) is 1. The average Bonchev–Trinajstić information content (AvgIpc) is 2.86. The highest BCUT2D eigenvalue weighted by molar-refractivity contribution is 7.92. The molecular weight excluding hydrogens is 468 g/mol. The summed E-state index contributed by atoms with van der Waals surface area (Å²) in [7, 11) is -2.08. The van der Waals surface area contributed by atoms with Crippen LogP contribution in [-0.2, 0) is 14.8 Å². The smallest absolute Gasteiger partial charge is 0.265 e. The number of sulfonamides is 1. The lowest BCUT2D eigenvalue weighted by atomic mass is 10.0. The third-order valence-corrected chi connectivity index (χ3v) is 7.42. The predicted molar refractivity (Wildman–Crippen MR) is 139 cm³/mol. The van der Waals surface area contributed by atoms with Crippen molar-refractivity contribution in [2.24, 2.45) is 0 Å². The van der Waals surface area contributed by atoms with Gasteiger partial charge >= 0.3 is 0 Å². The number of hydrogen-bond acceptors (Lipinski definition) is 7. The Bertz CT molecular complexity index is 1120. The van der Waals surface area contributed by atoms with Gasteiger partial charge in [0.2, 0.25) is 15.9 Å². The van der Waals surface area contributed by atoms with Crippen molar-refractivity contribution in [2.45, 2.75) is 40.0 Å². The van der Waals surface area contributed by atoms with Crippen LogP contribution >= 0.6 is 0 Å². The van der Waals surface area contributed by atoms with Crippen LogP contribution in [0.25, 0.3) is 11.1 Å². The fourth-order valence-corrected chi connectivity index (χ4v) is 5.27. The summed E-state index contributed by atoms with van der Waals surface area (Å²) in [6.07, 6.45) is 3.82. The monoisotopic (exact) mass is 504 g/mol. The van der Waals surface area contributed by atoms with E-state index in [-0.39, 0.29) is 29.8 Å². The predicted octanol–water partition coefficient (Wildman–Crippen LogP) is 3.76. The largest absolute Gasteiger partial charge is 0.482 e. The molecule has 1 aliphatic heterocycles. The van der Waals surface area contributed by atoms with Crippen LogP contribution in [0.3, 0.4) is 0 Å². The van der Waals surface area contributed by atoms with Crippen molar-refractivity contribution in [1.82, 2.24) is 9.88 Å². The van der Waals surface area contributed by atoms with Gasteiger partial charge in [-0.3, -0.25) is 9.52 Å². The average molecular weight is 505 g/mol. The molecule has 1 amide bonds. The molecule has 1 aromatic carbocycles. The van der Waals surface area contributed by atoms with E-state index in [1.54, 1.807) is 17.2 Å². The first kappa shape index (κ1) is 26.7. The highest BCUT2D eigenvalue weighted by Crippen LogP contribution is 2.37. The van der Waals surface area contributed by atoms with Gasteiger partial charge in [-0.25, -0.2) is 13.4 Å². The lowest BCUT2D eigenvalue weighted by molar-refractivity contribution is -0.121. The number of carbonyl (C=O) groups is 1. The van der Waals surface area contributed by atoms with E-state index in [4.69, 9.17) is 9.47 Å². The number of benzene rings is 1. The number of nitrogens with one attached hydrogen (secondary N) is 1. The Morgan fingerprint density at radius 2 is 1.91 bits per heavy atom. The second kappa shape index (κ2) is 12.2. The van der Waals surface area contributed by atoms with E-state index in [2.05, 4.69) is 28.5 Å². The zero-order chi connectivity index (χ0) is 25.4. The fraction of sp³-hybridized carbons (Fsp3) is 0.520. The van der Waals surface area contributed by atoms with Crippen LogP contribution in [0.1, 0.15) is 40.0 Å². The van der Waals surface area contributed by atoms with Gasteiger partial charge in [0.1, 0.15) is 11.4 Å². The zero-order valence-corrected chi connectivity index (χ0v) is 21.9. The van der Waals surface area contributed by atoms with Gasteiger partial charge in [0, 0.05) is 18.3 Å². The molecular formula is C25H36N4O5S. The van der Waals surface area contributed by atoms with Gasteiger partial charge in [0.15, 0.2) is 6.61 Å². The second-order valence-electron chi connectivity index (χ2n) is 8.45. The van der Waals surface area contributed by atoms with Crippen LogP contribution in [0, 0.1) is 0 Å². The molecule has 35 heavy (non-hydrogen) atoms. The fourth-order valence-electron chi connectivity index (χ4n) is 4.02. The summed E-state index contributed by atoms with van der Waals surface area (Å²) >= 11 is 0. The van der Waals surface area contributed by atoms with Crippen LogP contribution in [0.4, 0.5) is 11.4 Å². The van der Waals surface area contributed by atoms with Crippen molar-refractivity contribution < 1.29 is 22.7 Å². The Balaban J connectivity index is 1.88. The maximum absolute atomic E-state index is 12.7. The van der Waals surface area contributed by atoms with E-state index in [9.17, 15) is 13.2 Å². The number of nitrogens with zero attached hydrogens (tertiary/aromatic N) is 3. The van der Waals surface area contributed by atoms with Crippen molar-refractivity contribution in [3.05, 3.63) is 30.5 Å². The molecule has 0 unspecified atom stereocenters. The first-order chi connectivity index (χ1) is 16.8. The van der Waals surface area contributed by atoms with E-state index < -0.39 is 10.0 Å². The zero-order valence-electron chi connectivity index (χ0n) is 21.0. The van der Waals surface area contributed by atoms with Crippen LogP contribution in [0.15, 0.2) is 30.5 Å². The number of methoxy groups -OCH3 is 1. The number of ether oxygens (including phenoxy) is 2. The molecule has 9 nitrogen and oxygen atoms in total. The minimum absolute atomic E-state index is 0.0192. The summed E-state index contributed by atoms with van der Waals surface area (Å²) in [5, 5.41) is 0. The number of rotatable bonds is 13. The van der Waals surface area contributed by atoms with E-state index in [0.29, 0.717) is 30.0 Å². The van der Waals surface area contributed by atoms with Crippen molar-refractivity contribution in [3.63, 3.8) is 0 Å². The van der Waals surface area contributed by atoms with Gasteiger partial charge in [-0.15, -0.1) is 0 Å². The van der Waals surface area contributed by atoms with E-state index in [1.165, 1.54) is 7.11 Å². The van der Waals surface area contributed by atoms with Gasteiger partial charge in [-0.05, 0) is 56.2 Å². The summed E-state index contributed by atoms with van der Waals surface area (Å²) in [4.78, 5) is 21.1. The van der Waals surface area contributed by atoms with E-state index in [0.717, 1.165) is 38.0 Å². The second-order valence-corrected chi connectivity index (χ2v) is 10.3. The Morgan fingerprint density at radius 1 is 1.14 bits per heavy atom. The Kier molecular flexibility index (Phi) is 9.33. The maximum Gasteiger partial charge on any atom is 0.265 e. The molecule has 3 rings (SSSR count). The van der Waals surface area contributed by atoms with E-state index in [1.807, 2.05) is 25.1 Å². The molecule has 0 saturated heterocycles. The first-order valence-corrected chi connectivity index (χ1v) is 13.8. The summed E-state index contributed by atoms with van der Waals surface area (Å²) in [5.41, 5.74) is 2.48. The summed E-state index contributed by atoms with van der Waals surface area (Å²) < 4.78 is 38.5. The number of anilines is 2. The highest BCUT2D eigenvalue weighted by atomic mass is 32.2. The molecule has 0 radical (unpaired) electrons. The topological polar surface area (TPSA) is 101 Å². The van der Waals surface area contributed by atoms with E-state index >= 15 is 0 Å². The van der Waals surface area contributed by atoms with Gasteiger partial charge in [-0.1, -0.05) is 33.3 Å². The molecule has 0 atom stereocenters. The molecule has 0 saturated carbocycles. The van der Waals surface area contributed by atoms with Gasteiger partial charge < -0.3 is 19.3 Å². The van der Waals surface area contributed by atoms with Gasteiger partial charge in [-0.2, -0.15) is 0 Å². The van der Waals surface area contributed by atoms with Crippen LogP contribution in [0.5, 0.6) is 11.6 Å². The minimum Gasteiger partial charge on any atom is -0.482 e. The van der Waals surface area contributed by atoms with Crippen LogP contribution in [-0.4, -0.2) is 69.9 Å². The summed E-state index contributed by atoms with van der Waals surface area (Å²) in [6, 6.07) is 7.31. The lowest BCUT2D eigenvalue weighted by Crippen LogP contribution is -2.40. The maximum atomic E-state index is 12.7. The summed E-state index contributed by atoms with van der Waals surface area (Å²) in [5.74, 6) is 0.797. The number of aromatic nitrogens is 1. The van der Waals surface area contributed by atoms with Crippen molar-refractivity contribution in [1.29, 1.82) is 0 Å². The number of amides is 1. The molecule has 0 aliphatic carbocycles. The van der Waals surface area contributed by atoms with Crippen LogP contribution < -0.4 is 19.1 Å². The quantitative estimate of drug-likeness (QED) is 0.443. The molecule has 0 fully saturated rings. The van der Waals surface area contributed by atoms with Crippen molar-refractivity contribution >= 4 is 27.3 Å². The Morgan fingerprint density at radius 3 is 2.60 bits per heavy atom. The molecule has 10 heteroatoms. The molecule has 1 aromatic heterocycles. The molecule has 2 aromatic rings. The van der Waals surface area contributed by atoms with Crippen molar-refractivity contribution in [2.75, 3.05) is 55.3 Å². The number of unbranched alkanes of at least 4 members (excludes halogenated alkanes) is 1. The number of pyridine rings is 1. The third kappa shape index (κ3) is 6.85. The minimum atomic E-state index is -3.53. The molecule has 0 spiro atoms. The SMILES string of the molecule is CCCCS(=O)(=O)Nc1cc(-c2ccc3c(c2)N(CCCN(CC)CC)C(=O)CO3)cnc1OC.